The van der Waals surface area contributed by atoms with E-state index in [1.54, 1.807) is 12.2 Å². The number of rotatable bonds is 11. The number of ether oxygens (including phenoxy) is 2. The first-order valence-electron chi connectivity index (χ1n) is 11.3. The van der Waals surface area contributed by atoms with Crippen LogP contribution in [0.4, 0.5) is 0 Å². The van der Waals surface area contributed by atoms with Gasteiger partial charge in [0.05, 0.1) is 12.2 Å². The van der Waals surface area contributed by atoms with Crippen LogP contribution >= 0.6 is 0 Å². The Morgan fingerprint density at radius 2 is 0.969 bits per heavy atom. The second-order valence-corrected chi connectivity index (χ2v) is 20.7. The highest BCUT2D eigenvalue weighted by atomic mass is 28.4. The van der Waals surface area contributed by atoms with Crippen molar-refractivity contribution in [1.82, 2.24) is 0 Å². The molecule has 0 aliphatic carbocycles. The van der Waals surface area contributed by atoms with Crippen LogP contribution < -0.4 is 0 Å². The molecule has 8 heteroatoms. The molecule has 0 aliphatic heterocycles. The number of carbonyl (C=O) groups is 2. The maximum atomic E-state index is 11.2. The van der Waals surface area contributed by atoms with E-state index in [4.69, 9.17) is 18.3 Å². The van der Waals surface area contributed by atoms with Gasteiger partial charge in [-0.3, -0.25) is 9.59 Å². The third kappa shape index (κ3) is 11.1. The Morgan fingerprint density at radius 3 is 1.19 bits per heavy atom. The van der Waals surface area contributed by atoms with Crippen LogP contribution in [-0.4, -0.2) is 54.0 Å². The zero-order valence-corrected chi connectivity index (χ0v) is 24.3. The molecule has 0 aromatic rings. The lowest BCUT2D eigenvalue weighted by atomic mass is 10.2. The van der Waals surface area contributed by atoms with Gasteiger partial charge < -0.3 is 18.3 Å². The summed E-state index contributed by atoms with van der Waals surface area (Å²) in [5, 5.41) is 0.0237. The van der Waals surface area contributed by atoms with Gasteiger partial charge in [-0.2, -0.15) is 0 Å². The van der Waals surface area contributed by atoms with Crippen molar-refractivity contribution < 1.29 is 27.9 Å². The molecule has 0 N–H and O–H groups in total. The Kier molecular flexibility index (Phi) is 11.8. The number of hydrogen-bond donors (Lipinski definition) is 0. The average Bonchev–Trinajstić information content (AvgIpc) is 2.57. The highest BCUT2D eigenvalue weighted by molar-refractivity contribution is 6.74. The first-order chi connectivity index (χ1) is 14.3. The smallest absolute Gasteiger partial charge is 0.302 e. The molecular weight excluding hydrogens is 440 g/mol. The minimum Gasteiger partial charge on any atom is -0.462 e. The SMILES string of the molecule is CC(=O)OC/C=C/[C@H](O[Si](C)(C)C(C)(C)C)[C@H](/C=C/COC(C)=O)O[Si](C)(C)C(C)(C)C. The fourth-order valence-corrected chi connectivity index (χ4v) is 4.67. The van der Waals surface area contributed by atoms with Crippen molar-refractivity contribution in [2.45, 2.75) is 104 Å². The Balaban J connectivity index is 6.07. The van der Waals surface area contributed by atoms with E-state index in [0.29, 0.717) is 0 Å². The molecule has 0 saturated carbocycles. The second kappa shape index (κ2) is 12.3. The summed E-state index contributed by atoms with van der Waals surface area (Å²) in [5.74, 6) is -0.654. The summed E-state index contributed by atoms with van der Waals surface area (Å²) in [5.41, 5.74) is 0. The van der Waals surface area contributed by atoms with Gasteiger partial charge >= 0.3 is 11.9 Å². The van der Waals surface area contributed by atoms with Crippen LogP contribution in [0.25, 0.3) is 0 Å². The van der Waals surface area contributed by atoms with Crippen LogP contribution in [0, 0.1) is 0 Å². The van der Waals surface area contributed by atoms with Crippen LogP contribution in [0.2, 0.25) is 36.3 Å². The molecule has 32 heavy (non-hydrogen) atoms. The number of carbonyl (C=O) groups excluding carboxylic acids is 2. The third-order valence-corrected chi connectivity index (χ3v) is 15.2. The van der Waals surface area contributed by atoms with Crippen molar-refractivity contribution >= 4 is 28.6 Å². The van der Waals surface area contributed by atoms with E-state index in [-0.39, 0.29) is 47.4 Å². The van der Waals surface area contributed by atoms with Gasteiger partial charge in [-0.05, 0) is 48.4 Å². The molecule has 6 nitrogen and oxygen atoms in total. The maximum Gasteiger partial charge on any atom is 0.302 e. The standard InChI is InChI=1S/C24H46O6Si2/c1-19(25)27-17-13-15-21(29-31(9,10)23(3,4)5)22(16-14-18-28-20(2)26)30-32(11,12)24(6,7)8/h13-16,21-22H,17-18H2,1-12H3/b15-13+,16-14+/t21-,22-/m0/s1. The van der Waals surface area contributed by atoms with Crippen molar-refractivity contribution in [2.75, 3.05) is 13.2 Å². The maximum absolute atomic E-state index is 11.2. The summed E-state index contributed by atoms with van der Waals surface area (Å²) < 4.78 is 23.7. The van der Waals surface area contributed by atoms with Crippen molar-refractivity contribution in [2.24, 2.45) is 0 Å². The fraction of sp³-hybridized carbons (Fsp3) is 0.750. The molecule has 0 fully saturated rings. The zero-order valence-electron chi connectivity index (χ0n) is 22.3. The zero-order chi connectivity index (χ0) is 25.4. The summed E-state index contributed by atoms with van der Waals surface area (Å²) in [7, 11) is -4.28. The molecule has 0 unspecified atom stereocenters. The molecule has 2 atom stereocenters. The third-order valence-electron chi connectivity index (χ3n) is 6.21. The highest BCUT2D eigenvalue weighted by Crippen LogP contribution is 2.40. The van der Waals surface area contributed by atoms with Gasteiger partial charge in [0.1, 0.15) is 13.2 Å². The van der Waals surface area contributed by atoms with Gasteiger partial charge in [0.2, 0.25) is 0 Å². The fourth-order valence-electron chi connectivity index (χ4n) is 2.18. The van der Waals surface area contributed by atoms with Crippen molar-refractivity contribution in [1.29, 1.82) is 0 Å². The molecule has 186 valence electrons. The van der Waals surface area contributed by atoms with E-state index in [1.807, 2.05) is 12.2 Å². The molecule has 0 saturated heterocycles. The number of hydrogen-bond acceptors (Lipinski definition) is 6. The number of esters is 2. The molecular formula is C24H46O6Si2. The highest BCUT2D eigenvalue weighted by Gasteiger charge is 2.43. The summed E-state index contributed by atoms with van der Waals surface area (Å²) in [6.07, 6.45) is 6.74. The largest absolute Gasteiger partial charge is 0.462 e. The van der Waals surface area contributed by atoms with Crippen molar-refractivity contribution in [3.63, 3.8) is 0 Å². The summed E-state index contributed by atoms with van der Waals surface area (Å²) in [4.78, 5) is 22.3. The molecule has 0 heterocycles. The quantitative estimate of drug-likeness (QED) is 0.202. The predicted molar refractivity (Wildman–Crippen MR) is 136 cm³/mol. The van der Waals surface area contributed by atoms with E-state index in [1.165, 1.54) is 13.8 Å². The molecule has 0 aromatic carbocycles. The minimum absolute atomic E-state index is 0.0119. The topological polar surface area (TPSA) is 71.1 Å². The monoisotopic (exact) mass is 486 g/mol. The Morgan fingerprint density at radius 1 is 0.688 bits per heavy atom. The van der Waals surface area contributed by atoms with Gasteiger partial charge in [0.25, 0.3) is 0 Å². The molecule has 0 radical (unpaired) electrons. The van der Waals surface area contributed by atoms with Gasteiger partial charge in [-0.15, -0.1) is 0 Å². The minimum atomic E-state index is -2.14. The van der Waals surface area contributed by atoms with Crippen LogP contribution in [0.1, 0.15) is 55.4 Å². The molecule has 0 bridgehead atoms. The van der Waals surface area contributed by atoms with Gasteiger partial charge in [0, 0.05) is 13.8 Å². The average molecular weight is 487 g/mol. The lowest BCUT2D eigenvalue weighted by Crippen LogP contribution is -2.51. The summed E-state index contributed by atoms with van der Waals surface area (Å²) in [6, 6.07) is 0. The van der Waals surface area contributed by atoms with Crippen LogP contribution in [0.15, 0.2) is 24.3 Å². The lowest BCUT2D eigenvalue weighted by Gasteiger charge is -2.43. The Labute approximate surface area is 198 Å². The van der Waals surface area contributed by atoms with Crippen molar-refractivity contribution in [3.8, 4) is 0 Å². The van der Waals surface area contributed by atoms with Gasteiger partial charge in [0.15, 0.2) is 16.6 Å². The molecule has 0 rings (SSSR count). The first kappa shape index (κ1) is 30.8. The summed E-state index contributed by atoms with van der Waals surface area (Å²) in [6.45, 7) is 25.1. The second-order valence-electron chi connectivity index (χ2n) is 11.1. The molecule has 0 aliphatic rings. The molecule has 0 aromatic heterocycles. The van der Waals surface area contributed by atoms with E-state index in [2.05, 4.69) is 67.7 Å². The van der Waals surface area contributed by atoms with E-state index in [9.17, 15) is 9.59 Å². The Hall–Kier alpha value is -1.23. The normalized spacial score (nSPS) is 15.8. The van der Waals surface area contributed by atoms with Crippen LogP contribution in [-0.2, 0) is 27.9 Å². The van der Waals surface area contributed by atoms with Gasteiger partial charge in [-0.1, -0.05) is 53.7 Å². The van der Waals surface area contributed by atoms with Crippen molar-refractivity contribution in [3.05, 3.63) is 24.3 Å². The molecule has 0 amide bonds. The Bertz CT molecular complexity index is 611. The summed E-state index contributed by atoms with van der Waals surface area (Å²) >= 11 is 0. The van der Waals surface area contributed by atoms with E-state index in [0.717, 1.165) is 0 Å². The first-order valence-corrected chi connectivity index (χ1v) is 17.1. The van der Waals surface area contributed by atoms with Crippen LogP contribution in [0.5, 0.6) is 0 Å². The lowest BCUT2D eigenvalue weighted by molar-refractivity contribution is -0.140. The van der Waals surface area contributed by atoms with Gasteiger partial charge in [-0.25, -0.2) is 0 Å². The van der Waals surface area contributed by atoms with Crippen LogP contribution in [0.3, 0.4) is 0 Å². The van der Waals surface area contributed by atoms with E-state index < -0.39 is 16.6 Å². The predicted octanol–water partition coefficient (Wildman–Crippen LogP) is 6.01. The van der Waals surface area contributed by atoms with E-state index >= 15 is 0 Å². The molecule has 0 spiro atoms.